The molecule has 312 valence electrons. The fourth-order valence-electron chi connectivity index (χ4n) is 6.33. The first-order valence-electron chi connectivity index (χ1n) is 18.8. The second-order valence-corrected chi connectivity index (χ2v) is 15.1. The quantitative estimate of drug-likeness (QED) is 0.106. The number of aryl methyl sites for hydroxylation is 2. The lowest BCUT2D eigenvalue weighted by atomic mass is 9.83. The van der Waals surface area contributed by atoms with E-state index in [1.165, 1.54) is 12.4 Å². The highest BCUT2D eigenvalue weighted by molar-refractivity contribution is 5.73. The van der Waals surface area contributed by atoms with E-state index in [-0.39, 0.29) is 24.8 Å². The van der Waals surface area contributed by atoms with Gasteiger partial charge in [-0.1, -0.05) is 12.1 Å². The molecule has 10 nitrogen and oxygen atoms in total. The molecule has 16 heteroatoms. The van der Waals surface area contributed by atoms with Gasteiger partial charge in [0, 0.05) is 36.6 Å². The Hall–Kier alpha value is -4.24. The number of fused-ring (bicyclic) bond motifs is 2. The summed E-state index contributed by atoms with van der Waals surface area (Å²) in [6.45, 7) is 7.60. The number of alkyl halides is 6. The van der Waals surface area contributed by atoms with Crippen LogP contribution in [0, 0.1) is 11.8 Å². The zero-order chi connectivity index (χ0) is 41.9. The molecule has 0 unspecified atom stereocenters. The topological polar surface area (TPSA) is 131 Å². The number of pyridine rings is 2. The Bertz CT molecular complexity index is 1550. The van der Waals surface area contributed by atoms with Crippen molar-refractivity contribution in [3.05, 3.63) is 58.2 Å². The van der Waals surface area contributed by atoms with Gasteiger partial charge in [-0.2, -0.15) is 26.3 Å². The molecule has 0 amide bonds. The predicted molar refractivity (Wildman–Crippen MR) is 191 cm³/mol. The van der Waals surface area contributed by atoms with Gasteiger partial charge in [-0.3, -0.25) is 29.1 Å². The van der Waals surface area contributed by atoms with Crippen LogP contribution in [0.5, 0.6) is 0 Å². The molecule has 0 fully saturated rings. The molecular formula is C40H52F6N2O8. The van der Waals surface area contributed by atoms with E-state index in [4.69, 9.17) is 9.47 Å². The molecule has 2 aromatic heterocycles. The lowest BCUT2D eigenvalue weighted by Gasteiger charge is -2.27. The molecule has 2 aliphatic carbocycles. The first-order chi connectivity index (χ1) is 26.0. The Kier molecular flexibility index (Phi) is 16.3. The minimum absolute atomic E-state index is 0.197. The number of esters is 4. The van der Waals surface area contributed by atoms with Crippen molar-refractivity contribution in [3.8, 4) is 0 Å². The Morgan fingerprint density at radius 2 is 0.982 bits per heavy atom. The Balaban J connectivity index is 0.000000300. The average molecular weight is 803 g/mol. The molecular weight excluding hydrogens is 750 g/mol. The molecule has 0 saturated carbocycles. The summed E-state index contributed by atoms with van der Waals surface area (Å²) >= 11 is 0. The maximum absolute atomic E-state index is 12.8. The summed E-state index contributed by atoms with van der Waals surface area (Å²) in [7, 11) is 0. The van der Waals surface area contributed by atoms with E-state index in [0.29, 0.717) is 49.0 Å². The number of hydrogen-bond donors (Lipinski definition) is 0. The highest BCUT2D eigenvalue weighted by Gasteiger charge is 2.51. The number of nitrogens with zero attached hydrogens (tertiary/aromatic N) is 2. The molecule has 4 rings (SSSR count). The molecule has 0 radical (unpaired) electrons. The monoisotopic (exact) mass is 802 g/mol. The van der Waals surface area contributed by atoms with Crippen molar-refractivity contribution < 1.29 is 64.5 Å². The molecule has 0 spiro atoms. The Morgan fingerprint density at radius 1 is 0.625 bits per heavy atom. The van der Waals surface area contributed by atoms with Crippen molar-refractivity contribution in [2.75, 3.05) is 13.2 Å². The van der Waals surface area contributed by atoms with Crippen molar-refractivity contribution >= 4 is 23.9 Å². The van der Waals surface area contributed by atoms with Crippen molar-refractivity contribution in [3.63, 3.8) is 0 Å². The minimum Gasteiger partial charge on any atom is -0.466 e. The highest BCUT2D eigenvalue weighted by atomic mass is 19.4. The average Bonchev–Trinajstić information content (AvgIpc) is 3.09. The van der Waals surface area contributed by atoms with E-state index in [1.807, 2.05) is 12.1 Å². The normalized spacial score (nSPS) is 17.0. The Labute approximate surface area is 323 Å². The highest BCUT2D eigenvalue weighted by Crippen LogP contribution is 2.35. The number of hydrogen-bond acceptors (Lipinski definition) is 10. The fourth-order valence-corrected chi connectivity index (χ4v) is 6.33. The summed E-state index contributed by atoms with van der Waals surface area (Å²) in [6, 6.07) is 3.62. The molecule has 0 aromatic carbocycles. The number of aromatic nitrogens is 2. The van der Waals surface area contributed by atoms with Gasteiger partial charge >= 0.3 is 36.2 Å². The molecule has 2 aromatic rings. The van der Waals surface area contributed by atoms with Gasteiger partial charge in [-0.05, 0) is 127 Å². The third kappa shape index (κ3) is 14.1. The number of rotatable bonds is 14. The summed E-state index contributed by atoms with van der Waals surface area (Å²) in [4.78, 5) is 55.6. The van der Waals surface area contributed by atoms with Crippen LogP contribution in [0.4, 0.5) is 26.3 Å². The summed E-state index contributed by atoms with van der Waals surface area (Å²) in [6.07, 6.45) is 0.249. The molecule has 2 heterocycles. The van der Waals surface area contributed by atoms with Crippen LogP contribution in [0.3, 0.4) is 0 Å². The van der Waals surface area contributed by atoms with E-state index in [9.17, 15) is 45.5 Å². The van der Waals surface area contributed by atoms with Crippen molar-refractivity contribution in [1.82, 2.24) is 9.97 Å². The SMILES string of the molecule is CCOC(=O)CC[C@@H]1CCc2cc(CC(=O)OC(C)(C)C(F)(F)F)cnc2C1.CCOC(=O)CC[C@H]1CCc2cc(CC(=O)OC(C)(C)C(F)(F)F)cnc2C1. The van der Waals surface area contributed by atoms with Gasteiger partial charge in [-0.15, -0.1) is 0 Å². The van der Waals surface area contributed by atoms with Gasteiger partial charge < -0.3 is 18.9 Å². The summed E-state index contributed by atoms with van der Waals surface area (Å²) in [5.41, 5.74) is -0.185. The standard InChI is InChI=1S/2C20H26F3NO4/c2*1-4-27-17(25)8-6-13-5-7-15-9-14(12-24-16(15)10-13)11-18(26)28-19(2,3)20(21,22)23/h2*9,12-13H,4-8,10-11H2,1-3H3/t2*13-/m10/s1. The third-order valence-electron chi connectivity index (χ3n) is 9.77. The van der Waals surface area contributed by atoms with E-state index in [1.54, 1.807) is 13.8 Å². The van der Waals surface area contributed by atoms with Gasteiger partial charge in [0.1, 0.15) is 0 Å². The van der Waals surface area contributed by atoms with Crippen LogP contribution in [-0.4, -0.2) is 70.6 Å². The number of carbonyl (C=O) groups excluding carboxylic acids is 4. The smallest absolute Gasteiger partial charge is 0.427 e. The lowest BCUT2D eigenvalue weighted by molar-refractivity contribution is -0.257. The van der Waals surface area contributed by atoms with E-state index >= 15 is 0 Å². The van der Waals surface area contributed by atoms with Crippen LogP contribution in [0.1, 0.15) is 114 Å². The van der Waals surface area contributed by atoms with Crippen LogP contribution in [0.2, 0.25) is 0 Å². The van der Waals surface area contributed by atoms with Crippen molar-refractivity contribution in [2.24, 2.45) is 11.8 Å². The molecule has 0 N–H and O–H groups in total. The maximum atomic E-state index is 12.8. The molecule has 0 aliphatic heterocycles. The number of ether oxygens (including phenoxy) is 4. The maximum Gasteiger partial charge on any atom is 0.427 e. The minimum atomic E-state index is -4.63. The molecule has 2 atom stereocenters. The van der Waals surface area contributed by atoms with E-state index in [2.05, 4.69) is 19.4 Å². The van der Waals surface area contributed by atoms with Gasteiger partial charge in [0.2, 0.25) is 11.2 Å². The van der Waals surface area contributed by atoms with E-state index < -0.39 is 35.5 Å². The molecule has 56 heavy (non-hydrogen) atoms. The van der Waals surface area contributed by atoms with Crippen LogP contribution < -0.4 is 0 Å². The lowest BCUT2D eigenvalue weighted by Crippen LogP contribution is -2.43. The second-order valence-electron chi connectivity index (χ2n) is 15.1. The molecule has 2 aliphatic rings. The zero-order valence-electron chi connectivity index (χ0n) is 32.8. The third-order valence-corrected chi connectivity index (χ3v) is 9.77. The summed E-state index contributed by atoms with van der Waals surface area (Å²) in [5.74, 6) is -1.59. The second kappa shape index (κ2) is 19.8. The van der Waals surface area contributed by atoms with Gasteiger partial charge in [0.05, 0.1) is 26.1 Å². The first kappa shape index (κ1) is 46.1. The molecule has 0 bridgehead atoms. The van der Waals surface area contributed by atoms with Crippen LogP contribution >= 0.6 is 0 Å². The van der Waals surface area contributed by atoms with Gasteiger partial charge in [-0.25, -0.2) is 0 Å². The fraction of sp³-hybridized carbons (Fsp3) is 0.650. The number of halogens is 6. The predicted octanol–water partition coefficient (Wildman–Crippen LogP) is 7.91. The van der Waals surface area contributed by atoms with Crippen LogP contribution in [0.25, 0.3) is 0 Å². The first-order valence-corrected chi connectivity index (χ1v) is 18.8. The van der Waals surface area contributed by atoms with Crippen molar-refractivity contribution in [1.29, 1.82) is 0 Å². The summed E-state index contributed by atoms with van der Waals surface area (Å²) in [5, 5.41) is 0. The van der Waals surface area contributed by atoms with Crippen LogP contribution in [-0.2, 0) is 76.7 Å². The zero-order valence-corrected chi connectivity index (χ0v) is 32.8. The van der Waals surface area contributed by atoms with Crippen LogP contribution in [0.15, 0.2) is 24.5 Å². The Morgan fingerprint density at radius 3 is 1.30 bits per heavy atom. The van der Waals surface area contributed by atoms with Gasteiger partial charge in [0.25, 0.3) is 0 Å². The molecule has 0 saturated heterocycles. The van der Waals surface area contributed by atoms with E-state index in [0.717, 1.165) is 102 Å². The van der Waals surface area contributed by atoms with Gasteiger partial charge in [0.15, 0.2) is 0 Å². The summed E-state index contributed by atoms with van der Waals surface area (Å²) < 4.78 is 96.1. The largest absolute Gasteiger partial charge is 0.466 e. The number of carbonyl (C=O) groups is 4. The van der Waals surface area contributed by atoms with Crippen molar-refractivity contribution in [2.45, 2.75) is 142 Å².